The smallest absolute Gasteiger partial charge is 0.240 e. The van der Waals surface area contributed by atoms with Crippen LogP contribution >= 0.6 is 0 Å². The number of nitrogens with zero attached hydrogens (tertiary/aromatic N) is 1. The summed E-state index contributed by atoms with van der Waals surface area (Å²) in [5, 5.41) is 3.04. The molecule has 0 bridgehead atoms. The Bertz CT molecular complexity index is 575. The topological polar surface area (TPSA) is 50.8 Å². The molecule has 2 saturated heterocycles. The maximum atomic E-state index is 12.4. The molecule has 1 amide bonds. The van der Waals surface area contributed by atoms with Crippen molar-refractivity contribution in [1.29, 1.82) is 0 Å². The molecule has 1 unspecified atom stereocenters. The largest absolute Gasteiger partial charge is 0.492 e. The van der Waals surface area contributed by atoms with Crippen molar-refractivity contribution in [3.05, 3.63) is 24.3 Å². The Labute approximate surface area is 144 Å². The van der Waals surface area contributed by atoms with Gasteiger partial charge in [0.1, 0.15) is 23.6 Å². The number of carbonyl (C=O) groups excluding carboxylic acids is 1. The zero-order valence-corrected chi connectivity index (χ0v) is 14.7. The van der Waals surface area contributed by atoms with Crippen LogP contribution < -0.4 is 14.8 Å². The highest BCUT2D eigenvalue weighted by Crippen LogP contribution is 2.35. The lowest BCUT2D eigenvalue weighted by Gasteiger charge is -2.40. The molecule has 0 aliphatic carbocycles. The van der Waals surface area contributed by atoms with E-state index in [2.05, 4.69) is 10.2 Å². The van der Waals surface area contributed by atoms with Crippen molar-refractivity contribution in [2.75, 3.05) is 26.2 Å². The van der Waals surface area contributed by atoms with Crippen LogP contribution in [0.25, 0.3) is 0 Å². The summed E-state index contributed by atoms with van der Waals surface area (Å²) in [5.41, 5.74) is -0.287. The van der Waals surface area contributed by atoms with Gasteiger partial charge in [0.05, 0.1) is 6.10 Å². The summed E-state index contributed by atoms with van der Waals surface area (Å²) in [6.45, 7) is 7.18. The van der Waals surface area contributed by atoms with Crippen LogP contribution in [0.1, 0.15) is 39.5 Å². The van der Waals surface area contributed by atoms with E-state index >= 15 is 0 Å². The number of ether oxygens (including phenoxy) is 2. The van der Waals surface area contributed by atoms with Gasteiger partial charge in [-0.1, -0.05) is 6.07 Å². The summed E-state index contributed by atoms with van der Waals surface area (Å²) < 4.78 is 11.6. The van der Waals surface area contributed by atoms with E-state index in [1.807, 2.05) is 38.1 Å². The van der Waals surface area contributed by atoms with Gasteiger partial charge < -0.3 is 14.8 Å². The zero-order chi connectivity index (χ0) is 17.0. The Morgan fingerprint density at radius 3 is 2.83 bits per heavy atom. The fraction of sp³-hybridized carbons (Fsp3) is 0.632. The molecule has 5 heteroatoms. The summed E-state index contributed by atoms with van der Waals surface area (Å²) in [6.07, 6.45) is 4.24. The predicted octanol–water partition coefficient (Wildman–Crippen LogP) is 2.60. The van der Waals surface area contributed by atoms with Gasteiger partial charge in [0.15, 0.2) is 0 Å². The molecule has 5 nitrogen and oxygen atoms in total. The summed E-state index contributed by atoms with van der Waals surface area (Å²) in [4.78, 5) is 14.7. The molecule has 2 fully saturated rings. The average Bonchev–Trinajstić information content (AvgIpc) is 2.94. The van der Waals surface area contributed by atoms with Gasteiger partial charge in [0, 0.05) is 19.2 Å². The van der Waals surface area contributed by atoms with Crippen molar-refractivity contribution in [2.24, 2.45) is 0 Å². The van der Waals surface area contributed by atoms with Gasteiger partial charge in [-0.2, -0.15) is 0 Å². The Balaban J connectivity index is 1.55. The number of rotatable bonds is 6. The summed E-state index contributed by atoms with van der Waals surface area (Å²) >= 11 is 0. The van der Waals surface area contributed by atoms with Gasteiger partial charge in [-0.05, 0) is 58.2 Å². The molecule has 1 spiro atoms. The number of amides is 1. The second kappa shape index (κ2) is 7.43. The van der Waals surface area contributed by atoms with Crippen LogP contribution in [0.3, 0.4) is 0 Å². The van der Waals surface area contributed by atoms with Crippen molar-refractivity contribution in [3.63, 3.8) is 0 Å². The fourth-order valence-corrected chi connectivity index (χ4v) is 3.84. The molecule has 2 heterocycles. The zero-order valence-electron chi connectivity index (χ0n) is 14.7. The van der Waals surface area contributed by atoms with E-state index in [4.69, 9.17) is 9.47 Å². The Morgan fingerprint density at radius 2 is 2.04 bits per heavy atom. The third-order valence-electron chi connectivity index (χ3n) is 4.91. The number of nitrogens with one attached hydrogen (secondary N) is 1. The molecule has 2 aliphatic rings. The number of benzene rings is 1. The maximum absolute atomic E-state index is 12.4. The molecule has 0 radical (unpaired) electrons. The van der Waals surface area contributed by atoms with Crippen LogP contribution in [-0.4, -0.2) is 48.7 Å². The lowest BCUT2D eigenvalue weighted by atomic mass is 9.86. The second-order valence-electron chi connectivity index (χ2n) is 6.97. The minimum atomic E-state index is -0.287. The van der Waals surface area contributed by atoms with E-state index in [0.29, 0.717) is 6.61 Å². The number of hydrogen-bond donors (Lipinski definition) is 1. The second-order valence-corrected chi connectivity index (χ2v) is 6.97. The van der Waals surface area contributed by atoms with Crippen LogP contribution in [0.5, 0.6) is 11.5 Å². The number of hydrogen-bond acceptors (Lipinski definition) is 4. The van der Waals surface area contributed by atoms with Gasteiger partial charge in [-0.25, -0.2) is 0 Å². The van der Waals surface area contributed by atoms with Gasteiger partial charge in [0.25, 0.3) is 0 Å². The highest BCUT2D eigenvalue weighted by atomic mass is 16.5. The summed E-state index contributed by atoms with van der Waals surface area (Å²) in [7, 11) is 0. The first-order valence-corrected chi connectivity index (χ1v) is 9.03. The van der Waals surface area contributed by atoms with Crippen molar-refractivity contribution in [3.8, 4) is 11.5 Å². The quantitative estimate of drug-likeness (QED) is 0.870. The van der Waals surface area contributed by atoms with E-state index < -0.39 is 0 Å². The minimum Gasteiger partial charge on any atom is -0.492 e. The van der Waals surface area contributed by atoms with Crippen molar-refractivity contribution in [1.82, 2.24) is 10.2 Å². The van der Waals surface area contributed by atoms with Crippen LogP contribution in [0.15, 0.2) is 24.3 Å². The van der Waals surface area contributed by atoms with E-state index in [1.54, 1.807) is 0 Å². The van der Waals surface area contributed by atoms with Crippen LogP contribution in [-0.2, 0) is 4.79 Å². The van der Waals surface area contributed by atoms with Crippen LogP contribution in [0, 0.1) is 0 Å². The standard InChI is InChI=1S/C19H28N2O3/c1-15(2)24-17-7-3-6-16(14-17)23-13-12-21-11-5-9-19(21)8-4-10-20-18(19)22/h3,6-7,14-15H,4-5,8-13H2,1-2H3,(H,20,22). The molecule has 24 heavy (non-hydrogen) atoms. The first-order valence-electron chi connectivity index (χ1n) is 9.03. The molecule has 0 aromatic heterocycles. The van der Waals surface area contributed by atoms with Crippen molar-refractivity contribution < 1.29 is 14.3 Å². The highest BCUT2D eigenvalue weighted by Gasteiger charge is 2.47. The highest BCUT2D eigenvalue weighted by molar-refractivity contribution is 5.87. The lowest BCUT2D eigenvalue weighted by Crippen LogP contribution is -2.59. The summed E-state index contributed by atoms with van der Waals surface area (Å²) in [5.74, 6) is 1.85. The molecule has 1 aromatic carbocycles. The number of carbonyl (C=O) groups is 1. The van der Waals surface area contributed by atoms with E-state index in [9.17, 15) is 4.79 Å². The third-order valence-corrected chi connectivity index (χ3v) is 4.91. The molecular weight excluding hydrogens is 304 g/mol. The normalized spacial score (nSPS) is 24.4. The Morgan fingerprint density at radius 1 is 1.25 bits per heavy atom. The molecule has 3 rings (SSSR count). The van der Waals surface area contributed by atoms with Crippen molar-refractivity contribution >= 4 is 5.91 Å². The predicted molar refractivity (Wildman–Crippen MR) is 93.5 cm³/mol. The SMILES string of the molecule is CC(C)Oc1cccc(OCCN2CCCC23CCCNC3=O)c1. The first-order chi connectivity index (χ1) is 11.6. The minimum absolute atomic E-state index is 0.148. The molecule has 1 N–H and O–H groups in total. The van der Waals surface area contributed by atoms with Gasteiger partial charge in [-0.15, -0.1) is 0 Å². The van der Waals surface area contributed by atoms with Crippen LogP contribution in [0.2, 0.25) is 0 Å². The molecule has 1 aromatic rings. The maximum Gasteiger partial charge on any atom is 0.240 e. The molecule has 1 atom stereocenters. The number of piperidine rings is 1. The molecule has 2 aliphatic heterocycles. The van der Waals surface area contributed by atoms with Gasteiger partial charge >= 0.3 is 0 Å². The van der Waals surface area contributed by atoms with E-state index in [0.717, 1.165) is 56.8 Å². The number of likely N-dealkylation sites (tertiary alicyclic amines) is 1. The summed E-state index contributed by atoms with van der Waals surface area (Å²) in [6, 6.07) is 7.75. The fourth-order valence-electron chi connectivity index (χ4n) is 3.84. The van der Waals surface area contributed by atoms with E-state index in [-0.39, 0.29) is 17.6 Å². The Hall–Kier alpha value is -1.75. The molecular formula is C19H28N2O3. The van der Waals surface area contributed by atoms with Gasteiger partial charge in [0.2, 0.25) is 5.91 Å². The monoisotopic (exact) mass is 332 g/mol. The van der Waals surface area contributed by atoms with Crippen molar-refractivity contribution in [2.45, 2.75) is 51.2 Å². The first kappa shape index (κ1) is 17.1. The molecule has 0 saturated carbocycles. The van der Waals surface area contributed by atoms with Crippen LogP contribution in [0.4, 0.5) is 0 Å². The Kier molecular flexibility index (Phi) is 5.29. The van der Waals surface area contributed by atoms with E-state index in [1.165, 1.54) is 0 Å². The van der Waals surface area contributed by atoms with Gasteiger partial charge in [-0.3, -0.25) is 9.69 Å². The average molecular weight is 332 g/mol. The lowest BCUT2D eigenvalue weighted by molar-refractivity contribution is -0.134. The third kappa shape index (κ3) is 3.66. The molecule has 132 valence electrons.